The van der Waals surface area contributed by atoms with Crippen molar-refractivity contribution in [3.8, 4) is 0 Å². The van der Waals surface area contributed by atoms with E-state index in [2.05, 4.69) is 39.7 Å². The van der Waals surface area contributed by atoms with Crippen LogP contribution in [0.5, 0.6) is 0 Å². The number of fused-ring (bicyclic) bond motifs is 1. The Morgan fingerprint density at radius 1 is 1.25 bits per heavy atom. The standard InChI is InChI=1S/C17H28N6.HI/c1-4-5-6-7-10-14(2)20-17(18-3)19-13-16-22-21-15-11-8-9-12-23(15)16;/h8-9,11-12,14H,4-7,10,13H2,1-3H3,(H2,18,19,20);1H. The summed E-state index contributed by atoms with van der Waals surface area (Å²) in [6.07, 6.45) is 8.29. The molecule has 0 aliphatic heterocycles. The summed E-state index contributed by atoms with van der Waals surface area (Å²) in [6.45, 7) is 5.03. The largest absolute Gasteiger partial charge is 0.354 e. The molecule has 0 spiro atoms. The Morgan fingerprint density at radius 3 is 2.83 bits per heavy atom. The molecule has 0 bridgehead atoms. The molecule has 0 amide bonds. The third-order valence-electron chi connectivity index (χ3n) is 3.90. The van der Waals surface area contributed by atoms with Crippen molar-refractivity contribution in [2.45, 2.75) is 58.5 Å². The molecular weight excluding hydrogens is 415 g/mol. The summed E-state index contributed by atoms with van der Waals surface area (Å²) in [5.74, 6) is 1.68. The molecule has 0 aliphatic rings. The van der Waals surface area contributed by atoms with Crippen LogP contribution in [0.4, 0.5) is 0 Å². The molecule has 2 heterocycles. The predicted octanol–water partition coefficient (Wildman–Crippen LogP) is 3.37. The zero-order chi connectivity index (χ0) is 16.5. The lowest BCUT2D eigenvalue weighted by Crippen LogP contribution is -2.42. The highest BCUT2D eigenvalue weighted by atomic mass is 127. The van der Waals surface area contributed by atoms with Crippen molar-refractivity contribution in [3.05, 3.63) is 30.2 Å². The van der Waals surface area contributed by atoms with E-state index in [-0.39, 0.29) is 24.0 Å². The van der Waals surface area contributed by atoms with Gasteiger partial charge in [0.15, 0.2) is 17.4 Å². The molecule has 0 saturated heterocycles. The van der Waals surface area contributed by atoms with Gasteiger partial charge in [-0.15, -0.1) is 34.2 Å². The minimum Gasteiger partial charge on any atom is -0.354 e. The van der Waals surface area contributed by atoms with Gasteiger partial charge in [-0.2, -0.15) is 0 Å². The fraction of sp³-hybridized carbons (Fsp3) is 0.588. The molecule has 2 aromatic heterocycles. The van der Waals surface area contributed by atoms with Crippen LogP contribution >= 0.6 is 24.0 Å². The molecular formula is C17H29IN6. The van der Waals surface area contributed by atoms with Crippen molar-refractivity contribution in [2.75, 3.05) is 7.05 Å². The fourth-order valence-corrected chi connectivity index (χ4v) is 2.55. The summed E-state index contributed by atoms with van der Waals surface area (Å²) < 4.78 is 1.98. The third kappa shape index (κ3) is 6.26. The number of hydrogen-bond donors (Lipinski definition) is 2. The Hall–Kier alpha value is -1.38. The first-order valence-electron chi connectivity index (χ1n) is 8.50. The monoisotopic (exact) mass is 444 g/mol. The van der Waals surface area contributed by atoms with Gasteiger partial charge < -0.3 is 10.6 Å². The van der Waals surface area contributed by atoms with Gasteiger partial charge in [0.25, 0.3) is 0 Å². The van der Waals surface area contributed by atoms with E-state index in [0.29, 0.717) is 12.6 Å². The van der Waals surface area contributed by atoms with Crippen LogP contribution in [0.1, 0.15) is 51.8 Å². The molecule has 2 aromatic rings. The topological polar surface area (TPSA) is 66.6 Å². The van der Waals surface area contributed by atoms with E-state index in [1.54, 1.807) is 7.05 Å². The van der Waals surface area contributed by atoms with Gasteiger partial charge in [-0.25, -0.2) is 0 Å². The number of guanidine groups is 1. The number of aliphatic imine (C=N–C) groups is 1. The molecule has 7 heteroatoms. The number of unbranched alkanes of at least 4 members (excludes halogenated alkanes) is 3. The maximum Gasteiger partial charge on any atom is 0.191 e. The number of halogens is 1. The highest BCUT2D eigenvalue weighted by molar-refractivity contribution is 14.0. The van der Waals surface area contributed by atoms with E-state index in [9.17, 15) is 0 Å². The molecule has 2 rings (SSSR count). The molecule has 0 fully saturated rings. The lowest BCUT2D eigenvalue weighted by molar-refractivity contribution is 0.536. The number of rotatable bonds is 8. The molecule has 0 aromatic carbocycles. The first-order valence-corrected chi connectivity index (χ1v) is 8.50. The average Bonchev–Trinajstić information content (AvgIpc) is 2.99. The Morgan fingerprint density at radius 2 is 2.08 bits per heavy atom. The highest BCUT2D eigenvalue weighted by Crippen LogP contribution is 2.05. The Labute approximate surface area is 161 Å². The second kappa shape index (κ2) is 11.2. The summed E-state index contributed by atoms with van der Waals surface area (Å²) in [5.41, 5.74) is 0.858. The van der Waals surface area contributed by atoms with Crippen molar-refractivity contribution in [2.24, 2.45) is 4.99 Å². The number of hydrogen-bond acceptors (Lipinski definition) is 3. The first kappa shape index (κ1) is 20.7. The van der Waals surface area contributed by atoms with Gasteiger partial charge in [0, 0.05) is 19.3 Å². The van der Waals surface area contributed by atoms with E-state index >= 15 is 0 Å². The number of nitrogens with zero attached hydrogens (tertiary/aromatic N) is 4. The molecule has 134 valence electrons. The van der Waals surface area contributed by atoms with Crippen molar-refractivity contribution in [3.63, 3.8) is 0 Å². The van der Waals surface area contributed by atoms with Gasteiger partial charge in [0.05, 0.1) is 6.54 Å². The lowest BCUT2D eigenvalue weighted by Gasteiger charge is -2.17. The van der Waals surface area contributed by atoms with Crippen LogP contribution in [0.15, 0.2) is 29.4 Å². The molecule has 0 aliphatic carbocycles. The van der Waals surface area contributed by atoms with Gasteiger partial charge in [-0.05, 0) is 25.5 Å². The molecule has 6 nitrogen and oxygen atoms in total. The van der Waals surface area contributed by atoms with Crippen molar-refractivity contribution in [1.29, 1.82) is 0 Å². The Balaban J connectivity index is 0.00000288. The van der Waals surface area contributed by atoms with Crippen molar-refractivity contribution < 1.29 is 0 Å². The maximum atomic E-state index is 4.29. The van der Waals surface area contributed by atoms with Gasteiger partial charge in [-0.1, -0.05) is 38.7 Å². The maximum absolute atomic E-state index is 4.29. The number of aromatic nitrogens is 3. The van der Waals surface area contributed by atoms with E-state index in [0.717, 1.165) is 23.9 Å². The lowest BCUT2D eigenvalue weighted by atomic mass is 10.1. The predicted molar refractivity (Wildman–Crippen MR) is 110 cm³/mol. The summed E-state index contributed by atoms with van der Waals surface area (Å²) in [6, 6.07) is 6.29. The smallest absolute Gasteiger partial charge is 0.191 e. The number of nitrogens with one attached hydrogen (secondary N) is 2. The van der Waals surface area contributed by atoms with Gasteiger partial charge in [0.2, 0.25) is 0 Å². The van der Waals surface area contributed by atoms with Crippen LogP contribution in [0.25, 0.3) is 5.65 Å². The minimum absolute atomic E-state index is 0. The summed E-state index contributed by atoms with van der Waals surface area (Å²) >= 11 is 0. The van der Waals surface area contributed by atoms with E-state index < -0.39 is 0 Å². The first-order chi connectivity index (χ1) is 11.2. The molecule has 0 saturated carbocycles. The van der Waals surface area contributed by atoms with Crippen LogP contribution in [-0.4, -0.2) is 33.6 Å². The van der Waals surface area contributed by atoms with E-state index in [4.69, 9.17) is 0 Å². The zero-order valence-electron chi connectivity index (χ0n) is 14.8. The molecule has 2 N–H and O–H groups in total. The molecule has 24 heavy (non-hydrogen) atoms. The van der Waals surface area contributed by atoms with E-state index in [1.807, 2.05) is 28.8 Å². The van der Waals surface area contributed by atoms with Crippen molar-refractivity contribution in [1.82, 2.24) is 25.2 Å². The second-order valence-electron chi connectivity index (χ2n) is 5.87. The zero-order valence-corrected chi connectivity index (χ0v) is 17.2. The van der Waals surface area contributed by atoms with E-state index in [1.165, 1.54) is 25.7 Å². The minimum atomic E-state index is 0. The quantitative estimate of drug-likeness (QED) is 0.284. The Bertz CT molecular complexity index is 624. The second-order valence-corrected chi connectivity index (χ2v) is 5.87. The normalized spacial score (nSPS) is 12.7. The fourth-order valence-electron chi connectivity index (χ4n) is 2.55. The SMILES string of the molecule is CCCCCCC(C)NC(=NC)NCc1nnc2ccccn12.I. The third-order valence-corrected chi connectivity index (χ3v) is 3.90. The summed E-state index contributed by atoms with van der Waals surface area (Å²) in [4.78, 5) is 4.29. The van der Waals surface area contributed by atoms with Crippen LogP contribution in [0.2, 0.25) is 0 Å². The molecule has 1 atom stereocenters. The van der Waals surface area contributed by atoms with Crippen LogP contribution in [0, 0.1) is 0 Å². The van der Waals surface area contributed by atoms with Crippen LogP contribution in [0.3, 0.4) is 0 Å². The van der Waals surface area contributed by atoms with Crippen molar-refractivity contribution >= 4 is 35.6 Å². The summed E-state index contributed by atoms with van der Waals surface area (Å²) in [7, 11) is 1.79. The van der Waals surface area contributed by atoms with Gasteiger partial charge in [-0.3, -0.25) is 9.39 Å². The highest BCUT2D eigenvalue weighted by Gasteiger charge is 2.08. The molecule has 1 unspecified atom stereocenters. The van der Waals surface area contributed by atoms with Crippen LogP contribution in [-0.2, 0) is 6.54 Å². The van der Waals surface area contributed by atoms with Gasteiger partial charge >= 0.3 is 0 Å². The van der Waals surface area contributed by atoms with Gasteiger partial charge in [0.1, 0.15) is 0 Å². The average molecular weight is 444 g/mol. The number of pyridine rings is 1. The molecule has 0 radical (unpaired) electrons. The summed E-state index contributed by atoms with van der Waals surface area (Å²) in [5, 5.41) is 15.1. The van der Waals surface area contributed by atoms with Crippen LogP contribution < -0.4 is 10.6 Å². The Kier molecular flexibility index (Phi) is 9.66.